The largest absolute Gasteiger partial charge is 0.479 e. The van der Waals surface area contributed by atoms with Crippen molar-refractivity contribution in [3.05, 3.63) is 0 Å². The summed E-state index contributed by atoms with van der Waals surface area (Å²) in [6.07, 6.45) is -0.516. The van der Waals surface area contributed by atoms with Crippen LogP contribution in [0.3, 0.4) is 0 Å². The Hall–Kier alpha value is -1.59. The summed E-state index contributed by atoms with van der Waals surface area (Å²) in [6, 6.07) is 0. The van der Waals surface area contributed by atoms with Gasteiger partial charge in [0.25, 0.3) is 0 Å². The number of rotatable bonds is 2. The standard InChI is InChI=1S/C12H19NO5/c1-5-12(9(15)16)7-6-8(14)13(12)10(17)18-11(2,3)4/h5-7H2,1-4H3,(H,15,16)/t12-/m1/s1. The van der Waals surface area contributed by atoms with Crippen LogP contribution in [0.1, 0.15) is 47.0 Å². The Morgan fingerprint density at radius 3 is 2.39 bits per heavy atom. The molecule has 0 radical (unpaired) electrons. The molecule has 1 fully saturated rings. The third kappa shape index (κ3) is 2.47. The zero-order chi connectivity index (χ0) is 14.1. The van der Waals surface area contributed by atoms with Crippen molar-refractivity contribution < 1.29 is 24.2 Å². The van der Waals surface area contributed by atoms with Gasteiger partial charge in [-0.15, -0.1) is 0 Å². The second-order valence-corrected chi connectivity index (χ2v) is 5.40. The summed E-state index contributed by atoms with van der Waals surface area (Å²) in [5.74, 6) is -1.66. The fourth-order valence-corrected chi connectivity index (χ4v) is 2.05. The van der Waals surface area contributed by atoms with Crippen LogP contribution in [0.4, 0.5) is 4.79 Å². The molecule has 1 atom stereocenters. The Labute approximate surface area is 106 Å². The molecule has 2 amide bonds. The molecular weight excluding hydrogens is 238 g/mol. The first-order chi connectivity index (χ1) is 8.14. The Kier molecular flexibility index (Phi) is 3.69. The first-order valence-electron chi connectivity index (χ1n) is 5.93. The third-order valence-corrected chi connectivity index (χ3v) is 2.99. The van der Waals surface area contributed by atoms with Crippen LogP contribution in [-0.2, 0) is 14.3 Å². The summed E-state index contributed by atoms with van der Waals surface area (Å²) in [4.78, 5) is 35.9. The van der Waals surface area contributed by atoms with Crippen molar-refractivity contribution in [3.63, 3.8) is 0 Å². The molecule has 0 unspecified atom stereocenters. The van der Waals surface area contributed by atoms with Gasteiger partial charge >= 0.3 is 12.1 Å². The molecule has 0 aliphatic carbocycles. The van der Waals surface area contributed by atoms with Gasteiger partial charge in [0.15, 0.2) is 5.54 Å². The highest BCUT2D eigenvalue weighted by atomic mass is 16.6. The fraction of sp³-hybridized carbons (Fsp3) is 0.750. The molecule has 1 saturated heterocycles. The Morgan fingerprint density at radius 1 is 1.44 bits per heavy atom. The molecule has 0 saturated carbocycles. The van der Waals surface area contributed by atoms with E-state index in [1.54, 1.807) is 27.7 Å². The lowest BCUT2D eigenvalue weighted by Gasteiger charge is -2.33. The predicted molar refractivity (Wildman–Crippen MR) is 63.0 cm³/mol. The van der Waals surface area contributed by atoms with Crippen LogP contribution >= 0.6 is 0 Å². The number of likely N-dealkylation sites (tertiary alicyclic amines) is 1. The minimum Gasteiger partial charge on any atom is -0.479 e. The topological polar surface area (TPSA) is 83.9 Å². The van der Waals surface area contributed by atoms with E-state index in [2.05, 4.69) is 0 Å². The molecule has 1 N–H and O–H groups in total. The fourth-order valence-electron chi connectivity index (χ4n) is 2.05. The SMILES string of the molecule is CC[C@]1(C(=O)O)CCC(=O)N1C(=O)OC(C)(C)C. The van der Waals surface area contributed by atoms with Crippen molar-refractivity contribution in [1.82, 2.24) is 4.90 Å². The molecule has 102 valence electrons. The number of aliphatic carboxylic acids is 1. The van der Waals surface area contributed by atoms with E-state index in [1.165, 1.54) is 0 Å². The molecule has 0 aromatic rings. The van der Waals surface area contributed by atoms with E-state index < -0.39 is 29.1 Å². The summed E-state index contributed by atoms with van der Waals surface area (Å²) in [5, 5.41) is 9.30. The van der Waals surface area contributed by atoms with Gasteiger partial charge in [0.1, 0.15) is 5.60 Å². The molecule has 1 rings (SSSR count). The maximum atomic E-state index is 12.0. The molecule has 6 nitrogen and oxygen atoms in total. The lowest BCUT2D eigenvalue weighted by molar-refractivity contribution is -0.153. The molecular formula is C12H19NO5. The van der Waals surface area contributed by atoms with Crippen LogP contribution in [0, 0.1) is 0 Å². The lowest BCUT2D eigenvalue weighted by Crippen LogP contribution is -2.55. The number of carbonyl (C=O) groups is 3. The van der Waals surface area contributed by atoms with Crippen molar-refractivity contribution in [2.45, 2.75) is 58.1 Å². The number of hydrogen-bond acceptors (Lipinski definition) is 4. The van der Waals surface area contributed by atoms with Crippen molar-refractivity contribution in [2.24, 2.45) is 0 Å². The predicted octanol–water partition coefficient (Wildman–Crippen LogP) is 1.78. The van der Waals surface area contributed by atoms with Gasteiger partial charge in [-0.2, -0.15) is 0 Å². The van der Waals surface area contributed by atoms with Crippen LogP contribution in [0.5, 0.6) is 0 Å². The molecule has 0 aromatic heterocycles. The Bertz CT molecular complexity index is 384. The number of carbonyl (C=O) groups excluding carboxylic acids is 2. The van der Waals surface area contributed by atoms with Gasteiger partial charge in [-0.3, -0.25) is 4.79 Å². The maximum absolute atomic E-state index is 12.0. The molecule has 0 aromatic carbocycles. The van der Waals surface area contributed by atoms with Gasteiger partial charge in [0.05, 0.1) is 0 Å². The van der Waals surface area contributed by atoms with Gasteiger partial charge < -0.3 is 9.84 Å². The number of amides is 2. The third-order valence-electron chi connectivity index (χ3n) is 2.99. The van der Waals surface area contributed by atoms with E-state index in [4.69, 9.17) is 4.74 Å². The van der Waals surface area contributed by atoms with Crippen LogP contribution < -0.4 is 0 Å². The van der Waals surface area contributed by atoms with Gasteiger partial charge in [-0.1, -0.05) is 6.92 Å². The molecule has 1 heterocycles. The molecule has 1 aliphatic rings. The minimum atomic E-state index is -1.46. The Morgan fingerprint density at radius 2 is 2.00 bits per heavy atom. The lowest BCUT2D eigenvalue weighted by atomic mass is 9.93. The average molecular weight is 257 g/mol. The summed E-state index contributed by atoms with van der Waals surface area (Å²) < 4.78 is 5.10. The number of imide groups is 1. The zero-order valence-electron chi connectivity index (χ0n) is 11.1. The quantitative estimate of drug-likeness (QED) is 0.815. The van der Waals surface area contributed by atoms with E-state index in [-0.39, 0.29) is 19.3 Å². The van der Waals surface area contributed by atoms with E-state index in [9.17, 15) is 19.5 Å². The minimum absolute atomic E-state index is 0.0549. The smallest absolute Gasteiger partial charge is 0.418 e. The number of nitrogens with zero attached hydrogens (tertiary/aromatic N) is 1. The highest BCUT2D eigenvalue weighted by molar-refractivity contribution is 6.01. The Balaban J connectivity index is 3.06. The summed E-state index contributed by atoms with van der Waals surface area (Å²) in [6.45, 7) is 6.64. The van der Waals surface area contributed by atoms with Gasteiger partial charge in [-0.25, -0.2) is 14.5 Å². The summed E-state index contributed by atoms with van der Waals surface area (Å²) in [7, 11) is 0. The molecule has 6 heteroatoms. The molecule has 1 aliphatic heterocycles. The number of carboxylic acids is 1. The van der Waals surface area contributed by atoms with Crippen LogP contribution in [0.15, 0.2) is 0 Å². The summed E-state index contributed by atoms with van der Waals surface area (Å²) in [5.41, 5.74) is -2.22. The first-order valence-corrected chi connectivity index (χ1v) is 5.93. The number of carboxylic acid groups (broad SMARTS) is 1. The van der Waals surface area contributed by atoms with Crippen LogP contribution in [0.2, 0.25) is 0 Å². The van der Waals surface area contributed by atoms with Crippen LogP contribution in [0.25, 0.3) is 0 Å². The monoisotopic (exact) mass is 257 g/mol. The van der Waals surface area contributed by atoms with Gasteiger partial charge in [0, 0.05) is 6.42 Å². The normalized spacial score (nSPS) is 24.2. The first kappa shape index (κ1) is 14.5. The van der Waals surface area contributed by atoms with Crippen molar-refractivity contribution in [2.75, 3.05) is 0 Å². The molecule has 0 spiro atoms. The molecule has 18 heavy (non-hydrogen) atoms. The maximum Gasteiger partial charge on any atom is 0.418 e. The number of hydrogen-bond donors (Lipinski definition) is 1. The van der Waals surface area contributed by atoms with E-state index in [0.29, 0.717) is 0 Å². The van der Waals surface area contributed by atoms with Crippen LogP contribution in [-0.4, -0.2) is 39.1 Å². The second-order valence-electron chi connectivity index (χ2n) is 5.40. The number of ether oxygens (including phenoxy) is 1. The molecule has 0 bridgehead atoms. The summed E-state index contributed by atoms with van der Waals surface area (Å²) >= 11 is 0. The van der Waals surface area contributed by atoms with Crippen molar-refractivity contribution in [1.29, 1.82) is 0 Å². The van der Waals surface area contributed by atoms with Gasteiger partial charge in [-0.05, 0) is 33.6 Å². The van der Waals surface area contributed by atoms with Crippen molar-refractivity contribution >= 4 is 18.0 Å². The van der Waals surface area contributed by atoms with Crippen molar-refractivity contribution in [3.8, 4) is 0 Å². The second kappa shape index (κ2) is 4.59. The van der Waals surface area contributed by atoms with Gasteiger partial charge in [0.2, 0.25) is 5.91 Å². The average Bonchev–Trinajstić information content (AvgIpc) is 2.53. The van der Waals surface area contributed by atoms with E-state index in [1.807, 2.05) is 0 Å². The highest BCUT2D eigenvalue weighted by Crippen LogP contribution is 2.34. The zero-order valence-corrected chi connectivity index (χ0v) is 11.1. The van der Waals surface area contributed by atoms with E-state index in [0.717, 1.165) is 4.90 Å². The highest BCUT2D eigenvalue weighted by Gasteiger charge is 2.54. The van der Waals surface area contributed by atoms with E-state index >= 15 is 0 Å².